The summed E-state index contributed by atoms with van der Waals surface area (Å²) in [5, 5.41) is 18.5. The zero-order valence-electron chi connectivity index (χ0n) is 8.45. The molecule has 2 N–H and O–H groups in total. The van der Waals surface area contributed by atoms with Crippen LogP contribution in [0, 0.1) is 6.92 Å². The minimum absolute atomic E-state index is 0.0217. The van der Waals surface area contributed by atoms with Crippen LogP contribution in [0.15, 0.2) is 10.9 Å². The summed E-state index contributed by atoms with van der Waals surface area (Å²) in [6.07, 6.45) is 0.670. The van der Waals surface area contributed by atoms with Gasteiger partial charge in [0.25, 0.3) is 5.56 Å². The van der Waals surface area contributed by atoms with E-state index in [2.05, 4.69) is 0 Å². The molecule has 4 heteroatoms. The summed E-state index contributed by atoms with van der Waals surface area (Å²) in [4.78, 5) is 11.4. The van der Waals surface area contributed by atoms with Gasteiger partial charge in [-0.3, -0.25) is 9.36 Å². The van der Waals surface area contributed by atoms with Crippen molar-refractivity contribution >= 4 is 0 Å². The summed E-state index contributed by atoms with van der Waals surface area (Å²) in [5.74, 6) is -0.0217. The maximum atomic E-state index is 11.4. The molecule has 0 spiro atoms. The molecule has 0 aliphatic heterocycles. The lowest BCUT2D eigenvalue weighted by Crippen LogP contribution is -2.22. The molecule has 0 amide bonds. The van der Waals surface area contributed by atoms with E-state index in [0.717, 1.165) is 11.1 Å². The van der Waals surface area contributed by atoms with Crippen molar-refractivity contribution in [2.24, 2.45) is 0 Å². The van der Waals surface area contributed by atoms with Gasteiger partial charge in [0, 0.05) is 11.6 Å². The van der Waals surface area contributed by atoms with E-state index in [1.165, 1.54) is 10.6 Å². The van der Waals surface area contributed by atoms with Gasteiger partial charge in [0.15, 0.2) is 5.88 Å². The van der Waals surface area contributed by atoms with Crippen molar-refractivity contribution in [2.75, 3.05) is 6.61 Å². The van der Waals surface area contributed by atoms with Crippen LogP contribution in [0.4, 0.5) is 0 Å². The topological polar surface area (TPSA) is 62.5 Å². The summed E-state index contributed by atoms with van der Waals surface area (Å²) in [7, 11) is 0. The fraction of sp³-hybridized carbons (Fsp3) is 0.500. The Hall–Kier alpha value is -1.29. The fourth-order valence-electron chi connectivity index (χ4n) is 1.55. The van der Waals surface area contributed by atoms with Crippen molar-refractivity contribution in [1.82, 2.24) is 4.57 Å². The molecular formula is C10H15NO3. The highest BCUT2D eigenvalue weighted by atomic mass is 16.3. The third-order valence-corrected chi connectivity index (χ3v) is 2.28. The normalized spacial score (nSPS) is 10.5. The highest BCUT2D eigenvalue weighted by Gasteiger charge is 2.10. The predicted octanol–water partition coefficient (Wildman–Crippen LogP) is 0.417. The van der Waals surface area contributed by atoms with Crippen molar-refractivity contribution in [3.63, 3.8) is 0 Å². The molecule has 0 fully saturated rings. The molecule has 1 aromatic heterocycles. The number of aliphatic hydroxyl groups excluding tert-OH is 1. The van der Waals surface area contributed by atoms with Crippen molar-refractivity contribution in [3.8, 4) is 5.88 Å². The molecule has 14 heavy (non-hydrogen) atoms. The molecule has 1 rings (SSSR count). The second-order valence-corrected chi connectivity index (χ2v) is 3.20. The minimum Gasteiger partial charge on any atom is -0.494 e. The monoisotopic (exact) mass is 197 g/mol. The van der Waals surface area contributed by atoms with Crippen LogP contribution in [-0.4, -0.2) is 21.4 Å². The third kappa shape index (κ3) is 1.80. The van der Waals surface area contributed by atoms with E-state index in [-0.39, 0.29) is 24.6 Å². The molecule has 0 radical (unpaired) electrons. The Morgan fingerprint density at radius 2 is 2.14 bits per heavy atom. The first-order valence-electron chi connectivity index (χ1n) is 4.65. The largest absolute Gasteiger partial charge is 0.494 e. The number of aliphatic hydroxyl groups is 1. The molecule has 0 saturated heterocycles. The zero-order chi connectivity index (χ0) is 10.7. The molecule has 0 aliphatic carbocycles. The van der Waals surface area contributed by atoms with Gasteiger partial charge in [-0.25, -0.2) is 0 Å². The van der Waals surface area contributed by atoms with Crippen molar-refractivity contribution in [3.05, 3.63) is 27.5 Å². The van der Waals surface area contributed by atoms with Gasteiger partial charge in [0.1, 0.15) is 0 Å². The van der Waals surface area contributed by atoms with E-state index in [1.807, 2.05) is 6.92 Å². The average molecular weight is 197 g/mol. The number of rotatable bonds is 3. The van der Waals surface area contributed by atoms with Crippen LogP contribution in [0.2, 0.25) is 0 Å². The van der Waals surface area contributed by atoms with Crippen LogP contribution in [-0.2, 0) is 13.0 Å². The predicted molar refractivity (Wildman–Crippen MR) is 53.6 cm³/mol. The molecule has 0 atom stereocenters. The summed E-state index contributed by atoms with van der Waals surface area (Å²) in [6.45, 7) is 3.69. The molecule has 1 aromatic rings. The first-order chi connectivity index (χ1) is 6.61. The Morgan fingerprint density at radius 1 is 1.50 bits per heavy atom. The minimum atomic E-state index is -0.272. The number of aryl methyl sites for hydroxylation is 1. The molecule has 0 bridgehead atoms. The smallest absolute Gasteiger partial charge is 0.253 e. The van der Waals surface area contributed by atoms with E-state index >= 15 is 0 Å². The van der Waals surface area contributed by atoms with Crippen molar-refractivity contribution < 1.29 is 10.2 Å². The van der Waals surface area contributed by atoms with Gasteiger partial charge < -0.3 is 10.2 Å². The lowest BCUT2D eigenvalue weighted by Gasteiger charge is -2.12. The Morgan fingerprint density at radius 3 is 2.64 bits per heavy atom. The van der Waals surface area contributed by atoms with Crippen molar-refractivity contribution in [1.29, 1.82) is 0 Å². The first-order valence-corrected chi connectivity index (χ1v) is 4.65. The molecule has 78 valence electrons. The second-order valence-electron chi connectivity index (χ2n) is 3.20. The molecule has 4 nitrogen and oxygen atoms in total. The summed E-state index contributed by atoms with van der Waals surface area (Å²) in [6, 6.07) is 1.48. The van der Waals surface area contributed by atoms with Gasteiger partial charge >= 0.3 is 0 Å². The Labute approximate surface area is 82.4 Å². The lowest BCUT2D eigenvalue weighted by molar-refractivity contribution is 0.263. The highest BCUT2D eigenvalue weighted by molar-refractivity contribution is 5.33. The SMILES string of the molecule is CCc1c(C)cc(=O)n(CCO)c1O. The quantitative estimate of drug-likeness (QED) is 0.738. The molecule has 0 unspecified atom stereocenters. The van der Waals surface area contributed by atoms with Gasteiger partial charge in [0.2, 0.25) is 0 Å². The van der Waals surface area contributed by atoms with Gasteiger partial charge in [0.05, 0.1) is 13.2 Å². The maximum absolute atomic E-state index is 11.4. The number of aromatic hydroxyl groups is 1. The van der Waals surface area contributed by atoms with E-state index in [1.54, 1.807) is 6.92 Å². The molecular weight excluding hydrogens is 182 g/mol. The summed E-state index contributed by atoms with van der Waals surface area (Å²) < 4.78 is 1.19. The summed E-state index contributed by atoms with van der Waals surface area (Å²) in [5.41, 5.74) is 1.29. The highest BCUT2D eigenvalue weighted by Crippen LogP contribution is 2.18. The number of pyridine rings is 1. The third-order valence-electron chi connectivity index (χ3n) is 2.28. The Bertz CT molecular complexity index is 382. The van der Waals surface area contributed by atoms with Crippen LogP contribution in [0.25, 0.3) is 0 Å². The molecule has 1 heterocycles. The van der Waals surface area contributed by atoms with Crippen LogP contribution < -0.4 is 5.56 Å². The number of hydrogen-bond acceptors (Lipinski definition) is 3. The van der Waals surface area contributed by atoms with Crippen LogP contribution in [0.3, 0.4) is 0 Å². The van der Waals surface area contributed by atoms with Crippen LogP contribution in [0.1, 0.15) is 18.1 Å². The number of nitrogens with zero attached hydrogens (tertiary/aromatic N) is 1. The van der Waals surface area contributed by atoms with Crippen molar-refractivity contribution in [2.45, 2.75) is 26.8 Å². The second kappa shape index (κ2) is 4.28. The van der Waals surface area contributed by atoms with Crippen LogP contribution >= 0.6 is 0 Å². The maximum Gasteiger partial charge on any atom is 0.253 e. The average Bonchev–Trinajstić information content (AvgIpc) is 2.12. The van der Waals surface area contributed by atoms with Gasteiger partial charge in [-0.05, 0) is 18.9 Å². The zero-order valence-corrected chi connectivity index (χ0v) is 8.45. The standard InChI is InChI=1S/C10H15NO3/c1-3-8-7(2)6-9(13)11(4-5-12)10(8)14/h6,12,14H,3-5H2,1-2H3. The lowest BCUT2D eigenvalue weighted by atomic mass is 10.1. The fourth-order valence-corrected chi connectivity index (χ4v) is 1.55. The Kier molecular flexibility index (Phi) is 3.30. The van der Waals surface area contributed by atoms with Gasteiger partial charge in [-0.2, -0.15) is 0 Å². The van der Waals surface area contributed by atoms with E-state index < -0.39 is 0 Å². The number of hydrogen-bond donors (Lipinski definition) is 2. The number of aromatic nitrogens is 1. The summed E-state index contributed by atoms with van der Waals surface area (Å²) >= 11 is 0. The molecule has 0 saturated carbocycles. The van der Waals surface area contributed by atoms with E-state index in [0.29, 0.717) is 6.42 Å². The Balaban J connectivity index is 3.36. The first kappa shape index (κ1) is 10.8. The molecule has 0 aromatic carbocycles. The van der Waals surface area contributed by atoms with E-state index in [4.69, 9.17) is 5.11 Å². The van der Waals surface area contributed by atoms with Gasteiger partial charge in [-0.1, -0.05) is 6.92 Å². The van der Waals surface area contributed by atoms with E-state index in [9.17, 15) is 9.90 Å². The molecule has 0 aliphatic rings. The van der Waals surface area contributed by atoms with Crippen LogP contribution in [0.5, 0.6) is 5.88 Å². The van der Waals surface area contributed by atoms with Gasteiger partial charge in [-0.15, -0.1) is 0 Å².